The second-order valence-corrected chi connectivity index (χ2v) is 4.74. The Bertz CT molecular complexity index is 666. The van der Waals surface area contributed by atoms with E-state index in [2.05, 4.69) is 31.5 Å². The number of nitro groups is 1. The SMILES string of the molecule is CNc1ccc([N+](=O)[O-])c(Nc2cc(Br)ccc2F)n1. The largest absolute Gasteiger partial charge is 0.373 e. The zero-order chi connectivity index (χ0) is 14.7. The minimum atomic E-state index is -0.579. The first-order chi connectivity index (χ1) is 9.51. The molecule has 0 atom stereocenters. The molecule has 2 rings (SSSR count). The molecular formula is C12H10BrFN4O2. The molecule has 0 saturated carbocycles. The van der Waals surface area contributed by atoms with E-state index < -0.39 is 10.7 Å². The number of anilines is 3. The van der Waals surface area contributed by atoms with Crippen LogP contribution in [0.2, 0.25) is 0 Å². The van der Waals surface area contributed by atoms with Gasteiger partial charge in [0.1, 0.15) is 11.6 Å². The van der Waals surface area contributed by atoms with Crippen molar-refractivity contribution in [2.45, 2.75) is 0 Å². The molecule has 6 nitrogen and oxygen atoms in total. The van der Waals surface area contributed by atoms with Crippen LogP contribution in [-0.4, -0.2) is 17.0 Å². The van der Waals surface area contributed by atoms with Gasteiger partial charge in [-0.3, -0.25) is 10.1 Å². The standard InChI is InChI=1S/C12H10BrFN4O2/c1-15-11-5-4-10(18(19)20)12(17-11)16-9-6-7(13)2-3-8(9)14/h2-6H,1H3,(H2,15,16,17). The fourth-order valence-corrected chi connectivity index (χ4v) is 1.91. The summed E-state index contributed by atoms with van der Waals surface area (Å²) in [4.78, 5) is 14.4. The molecule has 8 heteroatoms. The summed E-state index contributed by atoms with van der Waals surface area (Å²) in [5.41, 5.74) is -0.133. The van der Waals surface area contributed by atoms with Crippen molar-refractivity contribution >= 4 is 38.9 Å². The number of aromatic nitrogens is 1. The summed E-state index contributed by atoms with van der Waals surface area (Å²) in [6.07, 6.45) is 0. The maximum absolute atomic E-state index is 13.7. The monoisotopic (exact) mass is 340 g/mol. The molecule has 0 aliphatic carbocycles. The highest BCUT2D eigenvalue weighted by molar-refractivity contribution is 9.10. The van der Waals surface area contributed by atoms with E-state index in [0.29, 0.717) is 10.3 Å². The molecule has 2 N–H and O–H groups in total. The number of rotatable bonds is 4. The highest BCUT2D eigenvalue weighted by atomic mass is 79.9. The normalized spacial score (nSPS) is 10.2. The fraction of sp³-hybridized carbons (Fsp3) is 0.0833. The van der Waals surface area contributed by atoms with Gasteiger partial charge in [-0.2, -0.15) is 0 Å². The van der Waals surface area contributed by atoms with Gasteiger partial charge in [0, 0.05) is 17.6 Å². The van der Waals surface area contributed by atoms with Gasteiger partial charge in [0.25, 0.3) is 0 Å². The molecule has 0 aliphatic rings. The summed E-state index contributed by atoms with van der Waals surface area (Å²) in [5.74, 6) is -0.119. The Hall–Kier alpha value is -2.22. The highest BCUT2D eigenvalue weighted by Crippen LogP contribution is 2.29. The maximum Gasteiger partial charge on any atom is 0.311 e. The Morgan fingerprint density at radius 1 is 1.35 bits per heavy atom. The number of nitrogens with one attached hydrogen (secondary N) is 2. The van der Waals surface area contributed by atoms with E-state index in [9.17, 15) is 14.5 Å². The summed E-state index contributed by atoms with van der Waals surface area (Å²) >= 11 is 3.21. The van der Waals surface area contributed by atoms with Crippen molar-refractivity contribution < 1.29 is 9.31 Å². The lowest BCUT2D eigenvalue weighted by molar-refractivity contribution is -0.384. The molecule has 2 aromatic rings. The first-order valence-corrected chi connectivity index (χ1v) is 6.36. The molecule has 1 heterocycles. The molecule has 0 saturated heterocycles. The number of pyridine rings is 1. The van der Waals surface area contributed by atoms with Crippen molar-refractivity contribution in [2.75, 3.05) is 17.7 Å². The van der Waals surface area contributed by atoms with Crippen LogP contribution in [-0.2, 0) is 0 Å². The molecule has 0 aliphatic heterocycles. The molecule has 20 heavy (non-hydrogen) atoms. The average molecular weight is 341 g/mol. The van der Waals surface area contributed by atoms with Crippen molar-refractivity contribution in [3.63, 3.8) is 0 Å². The summed E-state index contributed by atoms with van der Waals surface area (Å²) < 4.78 is 14.3. The lowest BCUT2D eigenvalue weighted by Crippen LogP contribution is -2.03. The Morgan fingerprint density at radius 3 is 2.75 bits per heavy atom. The predicted molar refractivity (Wildman–Crippen MR) is 77.8 cm³/mol. The Balaban J connectivity index is 2.45. The average Bonchev–Trinajstić information content (AvgIpc) is 2.42. The van der Waals surface area contributed by atoms with Crippen LogP contribution in [0.15, 0.2) is 34.8 Å². The number of halogens is 2. The number of benzene rings is 1. The first-order valence-electron chi connectivity index (χ1n) is 5.56. The Morgan fingerprint density at radius 2 is 2.10 bits per heavy atom. The zero-order valence-corrected chi connectivity index (χ0v) is 11.9. The topological polar surface area (TPSA) is 80.1 Å². The van der Waals surface area contributed by atoms with E-state index in [1.165, 1.54) is 30.3 Å². The number of nitrogens with zero attached hydrogens (tertiary/aromatic N) is 2. The van der Waals surface area contributed by atoms with E-state index in [0.717, 1.165) is 0 Å². The van der Waals surface area contributed by atoms with Gasteiger partial charge in [-0.1, -0.05) is 15.9 Å². The lowest BCUT2D eigenvalue weighted by Gasteiger charge is -2.09. The summed E-state index contributed by atoms with van der Waals surface area (Å²) in [5, 5.41) is 16.4. The minimum absolute atomic E-state index is 0.0288. The van der Waals surface area contributed by atoms with Crippen molar-refractivity contribution in [1.29, 1.82) is 0 Å². The van der Waals surface area contributed by atoms with Crippen LogP contribution in [0.1, 0.15) is 0 Å². The van der Waals surface area contributed by atoms with Crippen molar-refractivity contribution in [2.24, 2.45) is 0 Å². The van der Waals surface area contributed by atoms with Gasteiger partial charge >= 0.3 is 5.69 Å². The van der Waals surface area contributed by atoms with Gasteiger partial charge in [0.05, 0.1) is 10.6 Å². The molecule has 104 valence electrons. The lowest BCUT2D eigenvalue weighted by atomic mass is 10.3. The molecule has 0 spiro atoms. The van der Waals surface area contributed by atoms with Gasteiger partial charge in [-0.25, -0.2) is 9.37 Å². The summed E-state index contributed by atoms with van der Waals surface area (Å²) in [7, 11) is 1.64. The van der Waals surface area contributed by atoms with E-state index in [-0.39, 0.29) is 17.2 Å². The van der Waals surface area contributed by atoms with Crippen LogP contribution < -0.4 is 10.6 Å². The second kappa shape index (κ2) is 5.83. The second-order valence-electron chi connectivity index (χ2n) is 3.82. The third-order valence-electron chi connectivity index (χ3n) is 2.51. The molecule has 0 unspecified atom stereocenters. The van der Waals surface area contributed by atoms with Crippen LogP contribution in [0.25, 0.3) is 0 Å². The predicted octanol–water partition coefficient (Wildman–Crippen LogP) is 3.68. The number of hydrogen-bond acceptors (Lipinski definition) is 5. The summed E-state index contributed by atoms with van der Waals surface area (Å²) in [6.45, 7) is 0. The van der Waals surface area contributed by atoms with E-state index in [4.69, 9.17) is 0 Å². The molecule has 0 fully saturated rings. The van der Waals surface area contributed by atoms with Crippen LogP contribution in [0.4, 0.5) is 27.4 Å². The highest BCUT2D eigenvalue weighted by Gasteiger charge is 2.17. The van der Waals surface area contributed by atoms with Gasteiger partial charge < -0.3 is 10.6 Å². The van der Waals surface area contributed by atoms with Gasteiger partial charge in [0.15, 0.2) is 0 Å². The van der Waals surface area contributed by atoms with Gasteiger partial charge in [-0.15, -0.1) is 0 Å². The maximum atomic E-state index is 13.7. The quantitative estimate of drug-likeness (QED) is 0.655. The Kier molecular flexibility index (Phi) is 4.14. The van der Waals surface area contributed by atoms with E-state index in [1.807, 2.05) is 0 Å². The molecule has 0 radical (unpaired) electrons. The third kappa shape index (κ3) is 3.02. The van der Waals surface area contributed by atoms with Crippen molar-refractivity contribution in [3.05, 3.63) is 50.7 Å². The van der Waals surface area contributed by atoms with E-state index in [1.54, 1.807) is 7.05 Å². The van der Waals surface area contributed by atoms with Gasteiger partial charge in [-0.05, 0) is 24.3 Å². The minimum Gasteiger partial charge on any atom is -0.373 e. The first kappa shape index (κ1) is 14.2. The molecule has 1 aromatic heterocycles. The zero-order valence-electron chi connectivity index (χ0n) is 10.4. The third-order valence-corrected chi connectivity index (χ3v) is 3.00. The van der Waals surface area contributed by atoms with E-state index >= 15 is 0 Å². The van der Waals surface area contributed by atoms with Gasteiger partial charge in [0.2, 0.25) is 5.82 Å². The van der Waals surface area contributed by atoms with Crippen LogP contribution in [0.3, 0.4) is 0 Å². The molecule has 0 amide bonds. The number of hydrogen-bond donors (Lipinski definition) is 2. The van der Waals surface area contributed by atoms with Crippen LogP contribution >= 0.6 is 15.9 Å². The summed E-state index contributed by atoms with van der Waals surface area (Å²) in [6, 6.07) is 7.04. The molecule has 1 aromatic carbocycles. The van der Waals surface area contributed by atoms with Crippen LogP contribution in [0, 0.1) is 15.9 Å². The molecular weight excluding hydrogens is 331 g/mol. The molecule has 0 bridgehead atoms. The van der Waals surface area contributed by atoms with Crippen LogP contribution in [0.5, 0.6) is 0 Å². The van der Waals surface area contributed by atoms with Crippen molar-refractivity contribution in [1.82, 2.24) is 4.98 Å². The smallest absolute Gasteiger partial charge is 0.311 e. The Labute approximate surface area is 122 Å². The fourth-order valence-electron chi connectivity index (χ4n) is 1.55. The van der Waals surface area contributed by atoms with Crippen molar-refractivity contribution in [3.8, 4) is 0 Å².